The zero-order valence-corrected chi connectivity index (χ0v) is 12.7. The van der Waals surface area contributed by atoms with Crippen LogP contribution in [0.1, 0.15) is 11.1 Å². The largest absolute Gasteiger partial charge is 0.305 e. The lowest BCUT2D eigenvalue weighted by atomic mass is 10.1. The molecule has 106 valence electrons. The summed E-state index contributed by atoms with van der Waals surface area (Å²) in [6, 6.07) is 12.7. The summed E-state index contributed by atoms with van der Waals surface area (Å²) >= 11 is 0. The van der Waals surface area contributed by atoms with Gasteiger partial charge in [0.2, 0.25) is 0 Å². The topological polar surface area (TPSA) is 29.0 Å². The summed E-state index contributed by atoms with van der Waals surface area (Å²) < 4.78 is 0. The maximum atomic E-state index is 4.56. The minimum absolute atomic E-state index is 0.905. The predicted molar refractivity (Wildman–Crippen MR) is 87.1 cm³/mol. The predicted octanol–water partition coefficient (Wildman–Crippen LogP) is 3.67. The molecule has 0 radical (unpaired) electrons. The first-order chi connectivity index (χ1) is 10.1. The molecule has 3 rings (SSSR count). The van der Waals surface area contributed by atoms with Crippen LogP contribution in [0.5, 0.6) is 0 Å². The van der Waals surface area contributed by atoms with Crippen LogP contribution in [0, 0.1) is 6.92 Å². The highest BCUT2D eigenvalue weighted by molar-refractivity contribution is 5.83. The Bertz CT molecular complexity index is 761. The molecule has 2 heterocycles. The molecule has 21 heavy (non-hydrogen) atoms. The van der Waals surface area contributed by atoms with Gasteiger partial charge in [0, 0.05) is 29.9 Å². The molecular formula is C18H19N3. The van der Waals surface area contributed by atoms with Crippen molar-refractivity contribution in [2.45, 2.75) is 13.5 Å². The monoisotopic (exact) mass is 277 g/mol. The summed E-state index contributed by atoms with van der Waals surface area (Å²) in [5.41, 5.74) is 5.51. The Labute approximate surface area is 125 Å². The van der Waals surface area contributed by atoms with Crippen molar-refractivity contribution < 1.29 is 0 Å². The Kier molecular flexibility index (Phi) is 3.67. The summed E-state index contributed by atoms with van der Waals surface area (Å²) in [5, 5.41) is 1.16. The molecule has 0 unspecified atom stereocenters. The standard InChI is InChI=1S/C18H19N3/c1-13-4-6-17-15(8-13)9-16(11-20-17)18-7-5-14(10-19-18)12-21(2)3/h4-11H,12H2,1-3H3. The van der Waals surface area contributed by atoms with E-state index in [1.165, 1.54) is 11.1 Å². The number of aryl methyl sites for hydroxylation is 1. The van der Waals surface area contributed by atoms with Crippen molar-refractivity contribution in [1.82, 2.24) is 14.9 Å². The van der Waals surface area contributed by atoms with Gasteiger partial charge in [-0.15, -0.1) is 0 Å². The maximum Gasteiger partial charge on any atom is 0.0717 e. The second-order valence-electron chi connectivity index (χ2n) is 5.71. The third-order valence-electron chi connectivity index (χ3n) is 3.46. The zero-order valence-electron chi connectivity index (χ0n) is 12.7. The van der Waals surface area contributed by atoms with E-state index >= 15 is 0 Å². The third kappa shape index (κ3) is 3.09. The average Bonchev–Trinajstić information content (AvgIpc) is 2.46. The molecule has 0 saturated carbocycles. The van der Waals surface area contributed by atoms with Crippen molar-refractivity contribution in [2.24, 2.45) is 0 Å². The third-order valence-corrected chi connectivity index (χ3v) is 3.46. The van der Waals surface area contributed by atoms with Crippen molar-refractivity contribution in [2.75, 3.05) is 14.1 Å². The lowest BCUT2D eigenvalue weighted by molar-refractivity contribution is 0.402. The van der Waals surface area contributed by atoms with Crippen LogP contribution >= 0.6 is 0 Å². The van der Waals surface area contributed by atoms with Gasteiger partial charge in [0.25, 0.3) is 0 Å². The van der Waals surface area contributed by atoms with Gasteiger partial charge >= 0.3 is 0 Å². The van der Waals surface area contributed by atoms with Crippen molar-refractivity contribution in [3.05, 3.63) is 59.9 Å². The molecule has 3 nitrogen and oxygen atoms in total. The SMILES string of the molecule is Cc1ccc2ncc(-c3ccc(CN(C)C)cn3)cc2c1. The number of fused-ring (bicyclic) bond motifs is 1. The van der Waals surface area contributed by atoms with Gasteiger partial charge in [0.15, 0.2) is 0 Å². The van der Waals surface area contributed by atoms with Gasteiger partial charge in [-0.3, -0.25) is 9.97 Å². The van der Waals surface area contributed by atoms with E-state index in [-0.39, 0.29) is 0 Å². The number of rotatable bonds is 3. The van der Waals surface area contributed by atoms with Gasteiger partial charge in [-0.1, -0.05) is 17.7 Å². The van der Waals surface area contributed by atoms with Crippen LogP contribution in [0.2, 0.25) is 0 Å². The van der Waals surface area contributed by atoms with Crippen LogP contribution in [-0.2, 0) is 6.54 Å². The highest BCUT2D eigenvalue weighted by Gasteiger charge is 2.03. The van der Waals surface area contributed by atoms with E-state index in [9.17, 15) is 0 Å². The summed E-state index contributed by atoms with van der Waals surface area (Å²) in [7, 11) is 4.12. The number of benzene rings is 1. The molecule has 0 amide bonds. The first-order valence-corrected chi connectivity index (χ1v) is 7.08. The Balaban J connectivity index is 1.96. The van der Waals surface area contributed by atoms with Gasteiger partial charge in [-0.2, -0.15) is 0 Å². The molecule has 0 N–H and O–H groups in total. The van der Waals surface area contributed by atoms with E-state index in [1.807, 2.05) is 12.4 Å². The van der Waals surface area contributed by atoms with E-state index in [2.05, 4.69) is 72.3 Å². The molecule has 0 aliphatic heterocycles. The fourth-order valence-electron chi connectivity index (χ4n) is 2.45. The Morgan fingerprint density at radius 3 is 2.52 bits per heavy atom. The fraction of sp³-hybridized carbons (Fsp3) is 0.222. The van der Waals surface area contributed by atoms with Crippen molar-refractivity contribution in [1.29, 1.82) is 0 Å². The molecule has 0 spiro atoms. The highest BCUT2D eigenvalue weighted by atomic mass is 15.0. The molecule has 3 heteroatoms. The van der Waals surface area contributed by atoms with E-state index in [4.69, 9.17) is 0 Å². The van der Waals surface area contributed by atoms with E-state index in [0.29, 0.717) is 0 Å². The molecule has 0 atom stereocenters. The smallest absolute Gasteiger partial charge is 0.0717 e. The van der Waals surface area contributed by atoms with Crippen LogP contribution in [0.3, 0.4) is 0 Å². The van der Waals surface area contributed by atoms with E-state index in [1.54, 1.807) is 0 Å². The lowest BCUT2D eigenvalue weighted by Gasteiger charge is -2.09. The molecule has 0 saturated heterocycles. The van der Waals surface area contributed by atoms with Gasteiger partial charge in [-0.25, -0.2) is 0 Å². The van der Waals surface area contributed by atoms with Crippen LogP contribution in [0.25, 0.3) is 22.2 Å². The number of pyridine rings is 2. The second-order valence-corrected chi connectivity index (χ2v) is 5.71. The first-order valence-electron chi connectivity index (χ1n) is 7.08. The first kappa shape index (κ1) is 13.7. The van der Waals surface area contributed by atoms with E-state index in [0.717, 1.165) is 28.7 Å². The Hall–Kier alpha value is -2.26. The van der Waals surface area contributed by atoms with Crippen LogP contribution in [0.4, 0.5) is 0 Å². The van der Waals surface area contributed by atoms with Crippen LogP contribution < -0.4 is 0 Å². The molecular weight excluding hydrogens is 258 g/mol. The summed E-state index contributed by atoms with van der Waals surface area (Å²) in [5.74, 6) is 0. The molecule has 0 aliphatic carbocycles. The van der Waals surface area contributed by atoms with Gasteiger partial charge < -0.3 is 4.90 Å². The number of nitrogens with zero attached hydrogens (tertiary/aromatic N) is 3. The average molecular weight is 277 g/mol. The highest BCUT2D eigenvalue weighted by Crippen LogP contribution is 2.22. The van der Waals surface area contributed by atoms with Crippen LogP contribution in [0.15, 0.2) is 48.8 Å². The maximum absolute atomic E-state index is 4.56. The molecule has 2 aromatic heterocycles. The Morgan fingerprint density at radius 2 is 1.81 bits per heavy atom. The van der Waals surface area contributed by atoms with Crippen molar-refractivity contribution in [3.8, 4) is 11.3 Å². The molecule has 3 aromatic rings. The second kappa shape index (κ2) is 5.62. The summed E-state index contributed by atoms with van der Waals surface area (Å²) in [4.78, 5) is 11.2. The number of aromatic nitrogens is 2. The normalized spacial score (nSPS) is 11.2. The number of hydrogen-bond acceptors (Lipinski definition) is 3. The van der Waals surface area contributed by atoms with Crippen LogP contribution in [-0.4, -0.2) is 29.0 Å². The quantitative estimate of drug-likeness (QED) is 0.731. The molecule has 0 bridgehead atoms. The van der Waals surface area contributed by atoms with Gasteiger partial charge in [-0.05, 0) is 50.8 Å². The van der Waals surface area contributed by atoms with Gasteiger partial charge in [0.1, 0.15) is 0 Å². The molecule has 1 aromatic carbocycles. The summed E-state index contributed by atoms with van der Waals surface area (Å²) in [6.07, 6.45) is 3.83. The minimum atomic E-state index is 0.905. The molecule has 0 fully saturated rings. The lowest BCUT2D eigenvalue weighted by Crippen LogP contribution is -2.10. The minimum Gasteiger partial charge on any atom is -0.305 e. The zero-order chi connectivity index (χ0) is 14.8. The number of hydrogen-bond donors (Lipinski definition) is 0. The van der Waals surface area contributed by atoms with Gasteiger partial charge in [0.05, 0.1) is 11.2 Å². The molecule has 0 aliphatic rings. The van der Waals surface area contributed by atoms with E-state index < -0.39 is 0 Å². The Morgan fingerprint density at radius 1 is 0.952 bits per heavy atom. The van der Waals surface area contributed by atoms with Crippen molar-refractivity contribution in [3.63, 3.8) is 0 Å². The summed E-state index contributed by atoms with van der Waals surface area (Å²) in [6.45, 7) is 3.00. The van der Waals surface area contributed by atoms with Crippen molar-refractivity contribution >= 4 is 10.9 Å². The fourth-order valence-corrected chi connectivity index (χ4v) is 2.45.